The van der Waals surface area contributed by atoms with Crippen LogP contribution in [-0.2, 0) is 15.1 Å². The van der Waals surface area contributed by atoms with Crippen LogP contribution in [0.4, 0.5) is 0 Å². The van der Waals surface area contributed by atoms with E-state index in [9.17, 15) is 14.7 Å². The molecule has 3 rings (SSSR count). The standard InChI is InChI=1S/C19H23BrN2O3/c1-2-17(24)22-9-7-13(8-10-22)18(25)21-19(11-16(23)12-19)14-3-5-15(20)6-4-14/h2-6,13,16,23H,1,7-12H2,(H,21,25). The van der Waals surface area contributed by atoms with Crippen LogP contribution < -0.4 is 5.32 Å². The number of hydrogen-bond donors (Lipinski definition) is 2. The Bertz CT molecular complexity index is 660. The van der Waals surface area contributed by atoms with Gasteiger partial charge < -0.3 is 15.3 Å². The largest absolute Gasteiger partial charge is 0.393 e. The van der Waals surface area contributed by atoms with Gasteiger partial charge in [0, 0.05) is 36.3 Å². The van der Waals surface area contributed by atoms with Gasteiger partial charge in [-0.1, -0.05) is 34.6 Å². The molecule has 5 nitrogen and oxygen atoms in total. The highest BCUT2D eigenvalue weighted by atomic mass is 79.9. The summed E-state index contributed by atoms with van der Waals surface area (Å²) in [4.78, 5) is 26.2. The Balaban J connectivity index is 1.65. The summed E-state index contributed by atoms with van der Waals surface area (Å²) in [6.45, 7) is 4.67. The molecule has 0 radical (unpaired) electrons. The first-order valence-electron chi connectivity index (χ1n) is 8.61. The molecule has 134 valence electrons. The lowest BCUT2D eigenvalue weighted by atomic mass is 9.69. The number of carbonyl (C=O) groups excluding carboxylic acids is 2. The van der Waals surface area contributed by atoms with E-state index in [2.05, 4.69) is 27.8 Å². The van der Waals surface area contributed by atoms with Gasteiger partial charge in [-0.3, -0.25) is 9.59 Å². The monoisotopic (exact) mass is 406 g/mol. The highest BCUT2D eigenvalue weighted by molar-refractivity contribution is 9.10. The van der Waals surface area contributed by atoms with Gasteiger partial charge >= 0.3 is 0 Å². The fourth-order valence-corrected chi connectivity index (χ4v) is 4.02. The van der Waals surface area contributed by atoms with Gasteiger partial charge in [-0.25, -0.2) is 0 Å². The average Bonchev–Trinajstić information content (AvgIpc) is 2.60. The van der Waals surface area contributed by atoms with Crippen molar-refractivity contribution in [2.75, 3.05) is 13.1 Å². The lowest BCUT2D eigenvalue weighted by Crippen LogP contribution is -2.58. The van der Waals surface area contributed by atoms with Crippen molar-refractivity contribution in [3.05, 3.63) is 47.0 Å². The highest BCUT2D eigenvalue weighted by Gasteiger charge is 2.47. The van der Waals surface area contributed by atoms with Gasteiger partial charge in [0.2, 0.25) is 11.8 Å². The summed E-state index contributed by atoms with van der Waals surface area (Å²) in [5, 5.41) is 13.0. The summed E-state index contributed by atoms with van der Waals surface area (Å²) < 4.78 is 0.983. The minimum atomic E-state index is -0.481. The van der Waals surface area contributed by atoms with E-state index in [1.165, 1.54) is 6.08 Å². The SMILES string of the molecule is C=CC(=O)N1CCC(C(=O)NC2(c3ccc(Br)cc3)CC(O)C2)CC1. The van der Waals surface area contributed by atoms with Crippen molar-refractivity contribution in [3.63, 3.8) is 0 Å². The molecule has 1 aliphatic carbocycles. The van der Waals surface area contributed by atoms with Crippen LogP contribution in [0.1, 0.15) is 31.2 Å². The average molecular weight is 407 g/mol. The number of rotatable bonds is 4. The molecule has 1 saturated heterocycles. The molecule has 0 spiro atoms. The van der Waals surface area contributed by atoms with E-state index in [0.717, 1.165) is 10.0 Å². The number of nitrogens with one attached hydrogen (secondary N) is 1. The molecular formula is C19H23BrN2O3. The Hall–Kier alpha value is -1.66. The zero-order valence-corrected chi connectivity index (χ0v) is 15.7. The molecule has 0 bridgehead atoms. The second-order valence-electron chi connectivity index (χ2n) is 6.94. The Kier molecular flexibility index (Phi) is 5.29. The first kappa shape index (κ1) is 18.1. The maximum atomic E-state index is 12.8. The summed E-state index contributed by atoms with van der Waals surface area (Å²) in [6.07, 6.45) is 3.33. The van der Waals surface area contributed by atoms with Gasteiger partial charge in [0.25, 0.3) is 0 Å². The van der Waals surface area contributed by atoms with Crippen LogP contribution >= 0.6 is 15.9 Å². The number of carbonyl (C=O) groups is 2. The van der Waals surface area contributed by atoms with Crippen molar-refractivity contribution < 1.29 is 14.7 Å². The molecule has 1 aliphatic heterocycles. The van der Waals surface area contributed by atoms with Crippen molar-refractivity contribution in [2.45, 2.75) is 37.3 Å². The second kappa shape index (κ2) is 7.30. The Morgan fingerprint density at radius 1 is 1.24 bits per heavy atom. The predicted molar refractivity (Wildman–Crippen MR) is 98.7 cm³/mol. The summed E-state index contributed by atoms with van der Waals surface area (Å²) >= 11 is 3.42. The lowest BCUT2D eigenvalue weighted by molar-refractivity contribution is -0.135. The zero-order chi connectivity index (χ0) is 18.0. The fraction of sp³-hybridized carbons (Fsp3) is 0.474. The Morgan fingerprint density at radius 3 is 2.36 bits per heavy atom. The highest BCUT2D eigenvalue weighted by Crippen LogP contribution is 2.42. The fourth-order valence-electron chi connectivity index (χ4n) is 3.75. The molecule has 25 heavy (non-hydrogen) atoms. The molecule has 0 unspecified atom stereocenters. The summed E-state index contributed by atoms with van der Waals surface area (Å²) in [5.74, 6) is -0.160. The number of likely N-dealkylation sites (tertiary alicyclic amines) is 1. The molecule has 2 N–H and O–H groups in total. The number of piperidine rings is 1. The number of benzene rings is 1. The first-order chi connectivity index (χ1) is 11.9. The van der Waals surface area contributed by atoms with Gasteiger partial charge in [-0.15, -0.1) is 0 Å². The maximum Gasteiger partial charge on any atom is 0.245 e. The van der Waals surface area contributed by atoms with Gasteiger partial charge in [-0.2, -0.15) is 0 Å². The van der Waals surface area contributed by atoms with Crippen LogP contribution in [0, 0.1) is 5.92 Å². The Labute approximate surface area is 156 Å². The number of aliphatic hydroxyl groups is 1. The number of aliphatic hydroxyl groups excluding tert-OH is 1. The van der Waals surface area contributed by atoms with Crippen LogP contribution in [0.2, 0.25) is 0 Å². The van der Waals surface area contributed by atoms with Crippen molar-refractivity contribution in [1.82, 2.24) is 10.2 Å². The molecule has 2 aliphatic rings. The molecule has 1 heterocycles. The van der Waals surface area contributed by atoms with Crippen LogP contribution in [-0.4, -0.2) is 41.0 Å². The van der Waals surface area contributed by atoms with Crippen LogP contribution in [0.5, 0.6) is 0 Å². The van der Waals surface area contributed by atoms with Gasteiger partial charge in [0.1, 0.15) is 0 Å². The number of nitrogens with zero attached hydrogens (tertiary/aromatic N) is 1. The zero-order valence-electron chi connectivity index (χ0n) is 14.1. The normalized spacial score (nSPS) is 26.6. The van der Waals surface area contributed by atoms with E-state index in [0.29, 0.717) is 38.8 Å². The number of halogens is 1. The molecular weight excluding hydrogens is 384 g/mol. The molecule has 2 fully saturated rings. The third-order valence-electron chi connectivity index (χ3n) is 5.28. The molecule has 6 heteroatoms. The molecule has 0 aromatic heterocycles. The van der Waals surface area contributed by atoms with E-state index >= 15 is 0 Å². The summed E-state index contributed by atoms with van der Waals surface area (Å²) in [5.41, 5.74) is 0.541. The maximum absolute atomic E-state index is 12.8. The van der Waals surface area contributed by atoms with Crippen molar-refractivity contribution in [3.8, 4) is 0 Å². The van der Waals surface area contributed by atoms with E-state index in [1.54, 1.807) is 4.90 Å². The third-order valence-corrected chi connectivity index (χ3v) is 5.81. The Morgan fingerprint density at radius 2 is 1.84 bits per heavy atom. The van der Waals surface area contributed by atoms with Crippen molar-refractivity contribution in [1.29, 1.82) is 0 Å². The van der Waals surface area contributed by atoms with Crippen LogP contribution in [0.15, 0.2) is 41.4 Å². The van der Waals surface area contributed by atoms with Crippen molar-refractivity contribution >= 4 is 27.7 Å². The predicted octanol–water partition coefficient (Wildman–Crippen LogP) is 2.34. The minimum absolute atomic E-state index is 0.0144. The van der Waals surface area contributed by atoms with Gasteiger partial charge in [-0.05, 0) is 36.6 Å². The molecule has 1 aromatic carbocycles. The summed E-state index contributed by atoms with van der Waals surface area (Å²) in [6, 6.07) is 7.88. The molecule has 0 atom stereocenters. The van der Waals surface area contributed by atoms with E-state index < -0.39 is 5.54 Å². The smallest absolute Gasteiger partial charge is 0.245 e. The third kappa shape index (κ3) is 3.80. The second-order valence-corrected chi connectivity index (χ2v) is 7.86. The minimum Gasteiger partial charge on any atom is -0.393 e. The van der Waals surface area contributed by atoms with Gasteiger partial charge in [0.15, 0.2) is 0 Å². The summed E-state index contributed by atoms with van der Waals surface area (Å²) in [7, 11) is 0. The van der Waals surface area contributed by atoms with E-state index in [1.807, 2.05) is 24.3 Å². The topological polar surface area (TPSA) is 69.6 Å². The first-order valence-corrected chi connectivity index (χ1v) is 9.40. The van der Waals surface area contributed by atoms with Crippen molar-refractivity contribution in [2.24, 2.45) is 5.92 Å². The number of hydrogen-bond acceptors (Lipinski definition) is 3. The lowest BCUT2D eigenvalue weighted by Gasteiger charge is -2.47. The molecule has 2 amide bonds. The van der Waals surface area contributed by atoms with Crippen LogP contribution in [0.3, 0.4) is 0 Å². The van der Waals surface area contributed by atoms with E-state index in [4.69, 9.17) is 0 Å². The quantitative estimate of drug-likeness (QED) is 0.753. The van der Waals surface area contributed by atoms with Crippen LogP contribution in [0.25, 0.3) is 0 Å². The number of amides is 2. The molecule has 1 aromatic rings. The molecule has 1 saturated carbocycles. The van der Waals surface area contributed by atoms with E-state index in [-0.39, 0.29) is 23.8 Å². The van der Waals surface area contributed by atoms with Gasteiger partial charge in [0.05, 0.1) is 11.6 Å².